The van der Waals surface area contributed by atoms with Crippen molar-refractivity contribution >= 4 is 17.9 Å². The van der Waals surface area contributed by atoms with E-state index in [1.165, 1.54) is 116 Å². The van der Waals surface area contributed by atoms with E-state index in [0.717, 1.165) is 96.3 Å². The summed E-state index contributed by atoms with van der Waals surface area (Å²) in [7, 11) is 0. The third kappa shape index (κ3) is 49.7. The maximum atomic E-state index is 12.8. The second-order valence-corrected chi connectivity index (χ2v) is 17.4. The van der Waals surface area contributed by atoms with Crippen LogP contribution in [-0.4, -0.2) is 37.2 Å². The highest BCUT2D eigenvalue weighted by atomic mass is 16.6. The number of hydrogen-bond donors (Lipinski definition) is 0. The highest BCUT2D eigenvalue weighted by Crippen LogP contribution is 2.15. The number of hydrogen-bond acceptors (Lipinski definition) is 6. The highest BCUT2D eigenvalue weighted by molar-refractivity contribution is 5.71. The summed E-state index contributed by atoms with van der Waals surface area (Å²) in [5.74, 6) is -0.928. The summed E-state index contributed by atoms with van der Waals surface area (Å²) in [5.41, 5.74) is 0. The van der Waals surface area contributed by atoms with Crippen LogP contribution in [0.1, 0.15) is 252 Å². The first kappa shape index (κ1) is 59.9. The van der Waals surface area contributed by atoms with Crippen LogP contribution in [0, 0.1) is 0 Å². The molecule has 0 amide bonds. The van der Waals surface area contributed by atoms with Crippen LogP contribution in [0.2, 0.25) is 0 Å². The van der Waals surface area contributed by atoms with E-state index in [1.54, 1.807) is 0 Å². The van der Waals surface area contributed by atoms with E-state index in [2.05, 4.69) is 93.7 Å². The normalized spacial score (nSPS) is 12.6. The Hall–Kier alpha value is -3.15. The number of ether oxygens (including phenoxy) is 3. The van der Waals surface area contributed by atoms with Gasteiger partial charge in [-0.3, -0.25) is 14.4 Å². The van der Waals surface area contributed by atoms with Gasteiger partial charge >= 0.3 is 17.9 Å². The van der Waals surface area contributed by atoms with Crippen molar-refractivity contribution < 1.29 is 28.6 Å². The summed E-state index contributed by atoms with van der Waals surface area (Å²) in [6.07, 6.45) is 64.6. The van der Waals surface area contributed by atoms with Crippen LogP contribution >= 0.6 is 0 Å². The fourth-order valence-electron chi connectivity index (χ4n) is 7.27. The molecule has 0 saturated heterocycles. The molecule has 0 heterocycles. The van der Waals surface area contributed by atoms with Crippen molar-refractivity contribution in [3.05, 3.63) is 72.9 Å². The molecule has 0 aliphatic carbocycles. The molecule has 0 fully saturated rings. The van der Waals surface area contributed by atoms with Gasteiger partial charge in [0.2, 0.25) is 0 Å². The molecule has 0 aromatic rings. The van der Waals surface area contributed by atoms with E-state index in [9.17, 15) is 14.4 Å². The Balaban J connectivity index is 4.40. The molecule has 0 saturated carbocycles. The van der Waals surface area contributed by atoms with Gasteiger partial charge in [-0.05, 0) is 70.6 Å². The first-order chi connectivity index (χ1) is 31.0. The zero-order chi connectivity index (χ0) is 45.8. The standard InChI is InChI=1S/C57H98O6/c1-4-7-10-13-16-19-22-24-26-27-28-29-30-31-32-34-35-38-41-44-47-50-56(59)62-53-54(52-61-55(58)49-46-43-40-37-21-18-15-12-9-6-3)63-57(60)51-48-45-42-39-36-33-25-23-20-17-14-11-8-5-2/h7,10,16,19,24,26,28-29,31-32,35,38,54H,4-6,8-9,11-15,17-18,20-23,25,27,30,33-34,36-37,39-53H2,1-3H3/b10-7-,19-16-,26-24-,29-28-,32-31-,38-35-. The Morgan fingerprint density at radius 2 is 0.619 bits per heavy atom. The van der Waals surface area contributed by atoms with Crippen molar-refractivity contribution in [2.75, 3.05) is 13.2 Å². The maximum absolute atomic E-state index is 12.8. The van der Waals surface area contributed by atoms with Crippen LogP contribution in [0.25, 0.3) is 0 Å². The fraction of sp³-hybridized carbons (Fsp3) is 0.737. The molecule has 0 spiro atoms. The minimum Gasteiger partial charge on any atom is -0.462 e. The Morgan fingerprint density at radius 1 is 0.333 bits per heavy atom. The highest BCUT2D eigenvalue weighted by Gasteiger charge is 2.19. The molecular formula is C57H98O6. The molecular weight excluding hydrogens is 781 g/mol. The van der Waals surface area contributed by atoms with Crippen LogP contribution in [-0.2, 0) is 28.6 Å². The van der Waals surface area contributed by atoms with Crippen molar-refractivity contribution in [1.29, 1.82) is 0 Å². The SMILES string of the molecule is CC/C=C\C/C=C\C/C=C\C/C=C\C/C=C\C/C=C\CCCCC(=O)OCC(COC(=O)CCCCCCCCCCCC)OC(=O)CCCCCCCCCCCCCCCC. The van der Waals surface area contributed by atoms with Crippen LogP contribution < -0.4 is 0 Å². The van der Waals surface area contributed by atoms with Crippen LogP contribution in [0.4, 0.5) is 0 Å². The largest absolute Gasteiger partial charge is 0.462 e. The zero-order valence-electron chi connectivity index (χ0n) is 41.3. The predicted molar refractivity (Wildman–Crippen MR) is 270 cm³/mol. The molecule has 0 N–H and O–H groups in total. The monoisotopic (exact) mass is 879 g/mol. The van der Waals surface area contributed by atoms with Crippen LogP contribution in [0.15, 0.2) is 72.9 Å². The second-order valence-electron chi connectivity index (χ2n) is 17.4. The Labute approximate surface area is 389 Å². The van der Waals surface area contributed by atoms with Gasteiger partial charge in [-0.1, -0.05) is 235 Å². The van der Waals surface area contributed by atoms with Gasteiger partial charge in [-0.2, -0.15) is 0 Å². The first-order valence-corrected chi connectivity index (χ1v) is 26.4. The quantitative estimate of drug-likeness (QED) is 0.0262. The van der Waals surface area contributed by atoms with Gasteiger partial charge in [0, 0.05) is 19.3 Å². The minimum atomic E-state index is -0.788. The van der Waals surface area contributed by atoms with Crippen molar-refractivity contribution in [3.63, 3.8) is 0 Å². The maximum Gasteiger partial charge on any atom is 0.306 e. The van der Waals surface area contributed by atoms with Crippen molar-refractivity contribution in [3.8, 4) is 0 Å². The molecule has 0 aliphatic rings. The average Bonchev–Trinajstić information content (AvgIpc) is 3.28. The molecule has 0 aromatic heterocycles. The van der Waals surface area contributed by atoms with Gasteiger partial charge in [-0.15, -0.1) is 0 Å². The average molecular weight is 879 g/mol. The predicted octanol–water partition coefficient (Wildman–Crippen LogP) is 17.4. The van der Waals surface area contributed by atoms with Crippen LogP contribution in [0.5, 0.6) is 0 Å². The molecule has 6 heteroatoms. The summed E-state index contributed by atoms with van der Waals surface area (Å²) >= 11 is 0. The summed E-state index contributed by atoms with van der Waals surface area (Å²) in [6.45, 7) is 6.48. The van der Waals surface area contributed by atoms with Gasteiger partial charge in [0.05, 0.1) is 0 Å². The van der Waals surface area contributed by atoms with E-state index in [4.69, 9.17) is 14.2 Å². The van der Waals surface area contributed by atoms with Gasteiger partial charge in [0.25, 0.3) is 0 Å². The van der Waals surface area contributed by atoms with E-state index in [-0.39, 0.29) is 31.1 Å². The third-order valence-electron chi connectivity index (χ3n) is 11.2. The molecule has 1 unspecified atom stereocenters. The number of rotatable bonds is 47. The summed E-state index contributed by atoms with van der Waals surface area (Å²) in [5, 5.41) is 0. The minimum absolute atomic E-state index is 0.0863. The smallest absolute Gasteiger partial charge is 0.306 e. The fourth-order valence-corrected chi connectivity index (χ4v) is 7.27. The van der Waals surface area contributed by atoms with Gasteiger partial charge < -0.3 is 14.2 Å². The molecule has 0 radical (unpaired) electrons. The van der Waals surface area contributed by atoms with E-state index in [1.807, 2.05) is 0 Å². The molecule has 0 rings (SSSR count). The first-order valence-electron chi connectivity index (χ1n) is 26.4. The number of carbonyl (C=O) groups excluding carboxylic acids is 3. The van der Waals surface area contributed by atoms with Gasteiger partial charge in [0.15, 0.2) is 6.10 Å². The lowest BCUT2D eigenvalue weighted by Gasteiger charge is -2.18. The number of esters is 3. The lowest BCUT2D eigenvalue weighted by Crippen LogP contribution is -2.30. The van der Waals surface area contributed by atoms with Crippen molar-refractivity contribution in [2.45, 2.75) is 258 Å². The summed E-state index contributed by atoms with van der Waals surface area (Å²) in [6, 6.07) is 0. The molecule has 0 aliphatic heterocycles. The van der Waals surface area contributed by atoms with Crippen molar-refractivity contribution in [2.24, 2.45) is 0 Å². The summed E-state index contributed by atoms with van der Waals surface area (Å²) < 4.78 is 16.8. The lowest BCUT2D eigenvalue weighted by atomic mass is 10.0. The Morgan fingerprint density at radius 3 is 0.968 bits per heavy atom. The number of allylic oxidation sites excluding steroid dienone is 12. The Bertz CT molecular complexity index is 1190. The van der Waals surface area contributed by atoms with E-state index < -0.39 is 6.10 Å². The zero-order valence-corrected chi connectivity index (χ0v) is 41.3. The molecule has 0 aromatic carbocycles. The number of unbranched alkanes of at least 4 members (excludes halogenated alkanes) is 24. The number of carbonyl (C=O) groups is 3. The molecule has 63 heavy (non-hydrogen) atoms. The molecule has 362 valence electrons. The molecule has 6 nitrogen and oxygen atoms in total. The Kier molecular flexibility index (Phi) is 48.9. The lowest BCUT2D eigenvalue weighted by molar-refractivity contribution is -0.167. The third-order valence-corrected chi connectivity index (χ3v) is 11.2. The summed E-state index contributed by atoms with van der Waals surface area (Å²) in [4.78, 5) is 37.9. The van der Waals surface area contributed by atoms with E-state index >= 15 is 0 Å². The molecule has 0 bridgehead atoms. The van der Waals surface area contributed by atoms with Crippen molar-refractivity contribution in [1.82, 2.24) is 0 Å². The van der Waals surface area contributed by atoms with Gasteiger partial charge in [-0.25, -0.2) is 0 Å². The second kappa shape index (κ2) is 51.5. The van der Waals surface area contributed by atoms with Crippen LogP contribution in [0.3, 0.4) is 0 Å². The topological polar surface area (TPSA) is 78.9 Å². The molecule has 1 atom stereocenters. The van der Waals surface area contributed by atoms with Gasteiger partial charge in [0.1, 0.15) is 13.2 Å². The van der Waals surface area contributed by atoms with E-state index in [0.29, 0.717) is 19.3 Å².